The summed E-state index contributed by atoms with van der Waals surface area (Å²) in [6.07, 6.45) is 1.58. The molecule has 0 aliphatic carbocycles. The molecule has 1 aromatic carbocycles. The number of nitrogens with zero attached hydrogens (tertiary/aromatic N) is 1. The number of nitrogens with one attached hydrogen (secondary N) is 1. The van der Waals surface area contributed by atoms with Gasteiger partial charge in [0.2, 0.25) is 0 Å². The van der Waals surface area contributed by atoms with Crippen molar-refractivity contribution in [1.82, 2.24) is 9.97 Å². The number of H-pyrrole nitrogens is 1. The third kappa shape index (κ3) is 2.50. The van der Waals surface area contributed by atoms with Crippen molar-refractivity contribution < 1.29 is 4.79 Å². The van der Waals surface area contributed by atoms with E-state index < -0.39 is 0 Å². The highest BCUT2D eigenvalue weighted by molar-refractivity contribution is 5.92. The number of carbonyl (C=O) groups excluding carboxylic acids is 1. The van der Waals surface area contributed by atoms with Crippen molar-refractivity contribution in [2.24, 2.45) is 0 Å². The highest BCUT2D eigenvalue weighted by atomic mass is 16.1. The summed E-state index contributed by atoms with van der Waals surface area (Å²) in [6, 6.07) is 8.27. The van der Waals surface area contributed by atoms with E-state index in [0.717, 1.165) is 11.4 Å². The van der Waals surface area contributed by atoms with E-state index in [-0.39, 0.29) is 11.2 Å². The largest absolute Gasteiger partial charge is 0.336 e. The lowest BCUT2D eigenvalue weighted by atomic mass is 9.87. The zero-order valence-corrected chi connectivity index (χ0v) is 11.2. The molecule has 0 aliphatic heterocycles. The summed E-state index contributed by atoms with van der Waals surface area (Å²) in [5, 5.41) is 0. The number of aromatic nitrogens is 2. The first-order valence-corrected chi connectivity index (χ1v) is 6.05. The molecule has 1 N–H and O–H groups in total. The molecule has 2 aromatic rings. The fourth-order valence-electron chi connectivity index (χ4n) is 1.77. The molecule has 0 amide bonds. The minimum atomic E-state index is 0.0000571. The predicted molar refractivity (Wildman–Crippen MR) is 72.7 cm³/mol. The van der Waals surface area contributed by atoms with E-state index in [9.17, 15) is 4.79 Å². The Bertz CT molecular complexity index is 559. The van der Waals surface area contributed by atoms with Crippen molar-refractivity contribution in [3.8, 4) is 11.4 Å². The number of hydrogen-bond acceptors (Lipinski definition) is 2. The van der Waals surface area contributed by atoms with Crippen LogP contribution in [0.25, 0.3) is 11.4 Å². The standard InChI is InChI=1S/C15H18N2O/c1-10(18)13-9-16-14(17-13)11-5-7-12(8-6-11)15(2,3)4/h5-9H,1-4H3,(H,16,17). The van der Waals surface area contributed by atoms with Crippen molar-refractivity contribution in [3.63, 3.8) is 0 Å². The van der Waals surface area contributed by atoms with Crippen LogP contribution in [0.5, 0.6) is 0 Å². The first-order valence-electron chi connectivity index (χ1n) is 6.05. The van der Waals surface area contributed by atoms with Crippen molar-refractivity contribution in [3.05, 3.63) is 41.7 Å². The maximum Gasteiger partial charge on any atom is 0.177 e. The Balaban J connectivity index is 2.31. The van der Waals surface area contributed by atoms with Gasteiger partial charge in [0.05, 0.1) is 6.20 Å². The van der Waals surface area contributed by atoms with Gasteiger partial charge in [-0.1, -0.05) is 45.0 Å². The highest BCUT2D eigenvalue weighted by Gasteiger charge is 2.13. The lowest BCUT2D eigenvalue weighted by Crippen LogP contribution is -2.10. The van der Waals surface area contributed by atoms with Crippen LogP contribution < -0.4 is 0 Å². The second-order valence-corrected chi connectivity index (χ2v) is 5.53. The van der Waals surface area contributed by atoms with E-state index in [1.165, 1.54) is 12.5 Å². The zero-order chi connectivity index (χ0) is 13.3. The quantitative estimate of drug-likeness (QED) is 0.818. The fraction of sp³-hybridized carbons (Fsp3) is 0.333. The Morgan fingerprint density at radius 3 is 2.22 bits per heavy atom. The molecule has 3 nitrogen and oxygen atoms in total. The van der Waals surface area contributed by atoms with Gasteiger partial charge >= 0.3 is 0 Å². The number of imidazole rings is 1. The van der Waals surface area contributed by atoms with Gasteiger partial charge < -0.3 is 4.98 Å². The van der Waals surface area contributed by atoms with Gasteiger partial charge in [0.15, 0.2) is 5.78 Å². The highest BCUT2D eigenvalue weighted by Crippen LogP contribution is 2.24. The summed E-state index contributed by atoms with van der Waals surface area (Å²) in [6.45, 7) is 8.08. The van der Waals surface area contributed by atoms with E-state index >= 15 is 0 Å². The van der Waals surface area contributed by atoms with Gasteiger partial charge in [-0.15, -0.1) is 0 Å². The molecule has 0 saturated heterocycles. The van der Waals surface area contributed by atoms with Crippen LogP contribution in [-0.4, -0.2) is 15.8 Å². The summed E-state index contributed by atoms with van der Waals surface area (Å²) in [7, 11) is 0. The Morgan fingerprint density at radius 2 is 1.78 bits per heavy atom. The van der Waals surface area contributed by atoms with Crippen LogP contribution >= 0.6 is 0 Å². The van der Waals surface area contributed by atoms with E-state index in [2.05, 4.69) is 42.9 Å². The number of hydrogen-bond donors (Lipinski definition) is 1. The van der Waals surface area contributed by atoms with Gasteiger partial charge in [-0.25, -0.2) is 4.98 Å². The molecule has 94 valence electrons. The average molecular weight is 242 g/mol. The number of carbonyl (C=O) groups is 1. The van der Waals surface area contributed by atoms with Gasteiger partial charge in [0.25, 0.3) is 0 Å². The summed E-state index contributed by atoms with van der Waals surface area (Å²) >= 11 is 0. The second-order valence-electron chi connectivity index (χ2n) is 5.53. The van der Waals surface area contributed by atoms with Crippen molar-refractivity contribution in [2.75, 3.05) is 0 Å². The molecule has 0 bridgehead atoms. The van der Waals surface area contributed by atoms with E-state index in [4.69, 9.17) is 0 Å². The molecule has 3 heteroatoms. The molecule has 18 heavy (non-hydrogen) atoms. The molecular weight excluding hydrogens is 224 g/mol. The topological polar surface area (TPSA) is 45.8 Å². The summed E-state index contributed by atoms with van der Waals surface area (Å²) < 4.78 is 0. The summed E-state index contributed by atoms with van der Waals surface area (Å²) in [5.74, 6) is 0.737. The van der Waals surface area contributed by atoms with Crippen LogP contribution in [-0.2, 0) is 5.41 Å². The lowest BCUT2D eigenvalue weighted by Gasteiger charge is -2.18. The molecule has 1 aromatic heterocycles. The second kappa shape index (κ2) is 4.41. The minimum Gasteiger partial charge on any atom is -0.336 e. The van der Waals surface area contributed by atoms with E-state index in [0.29, 0.717) is 5.69 Å². The van der Waals surface area contributed by atoms with Gasteiger partial charge in [-0.05, 0) is 11.0 Å². The van der Waals surface area contributed by atoms with Gasteiger partial charge in [0.1, 0.15) is 11.5 Å². The molecule has 0 unspecified atom stereocenters. The summed E-state index contributed by atoms with van der Waals surface area (Å²) in [4.78, 5) is 18.5. The van der Waals surface area contributed by atoms with E-state index in [1.807, 2.05) is 12.1 Å². The molecule has 0 saturated carbocycles. The van der Waals surface area contributed by atoms with Gasteiger partial charge in [-0.2, -0.15) is 0 Å². The molecule has 0 aliphatic rings. The Kier molecular flexibility index (Phi) is 3.07. The van der Waals surface area contributed by atoms with Crippen LogP contribution in [0, 0.1) is 0 Å². The first kappa shape index (κ1) is 12.6. The van der Waals surface area contributed by atoms with Crippen LogP contribution in [0.1, 0.15) is 43.7 Å². The third-order valence-electron chi connectivity index (χ3n) is 2.98. The van der Waals surface area contributed by atoms with Crippen molar-refractivity contribution in [2.45, 2.75) is 33.1 Å². The SMILES string of the molecule is CC(=O)c1cnc(-c2ccc(C(C)(C)C)cc2)[nH]1. The fourth-order valence-corrected chi connectivity index (χ4v) is 1.77. The molecular formula is C15H18N2O. The number of Topliss-reactive ketones (excluding diaryl/α,β-unsaturated/α-hetero) is 1. The first-order chi connectivity index (χ1) is 8.38. The van der Waals surface area contributed by atoms with Crippen LogP contribution in [0.2, 0.25) is 0 Å². The molecule has 1 heterocycles. The third-order valence-corrected chi connectivity index (χ3v) is 2.98. The molecule has 2 rings (SSSR count). The van der Waals surface area contributed by atoms with Gasteiger partial charge in [0, 0.05) is 12.5 Å². The molecule has 0 radical (unpaired) electrons. The smallest absolute Gasteiger partial charge is 0.177 e. The van der Waals surface area contributed by atoms with Crippen LogP contribution in [0.3, 0.4) is 0 Å². The number of rotatable bonds is 2. The zero-order valence-electron chi connectivity index (χ0n) is 11.2. The lowest BCUT2D eigenvalue weighted by molar-refractivity contribution is 0.101. The Labute approximate surface area is 107 Å². The van der Waals surface area contributed by atoms with Crippen LogP contribution in [0.4, 0.5) is 0 Å². The van der Waals surface area contributed by atoms with Crippen molar-refractivity contribution >= 4 is 5.78 Å². The molecule has 0 atom stereocenters. The van der Waals surface area contributed by atoms with Gasteiger partial charge in [-0.3, -0.25) is 4.79 Å². The Hall–Kier alpha value is -1.90. The monoisotopic (exact) mass is 242 g/mol. The average Bonchev–Trinajstić information content (AvgIpc) is 2.77. The Morgan fingerprint density at radius 1 is 1.17 bits per heavy atom. The molecule has 0 fully saturated rings. The maximum absolute atomic E-state index is 11.2. The molecule has 0 spiro atoms. The predicted octanol–water partition coefficient (Wildman–Crippen LogP) is 3.58. The number of aromatic amines is 1. The number of ketones is 1. The minimum absolute atomic E-state index is 0.0000571. The van der Waals surface area contributed by atoms with Crippen molar-refractivity contribution in [1.29, 1.82) is 0 Å². The normalized spacial score (nSPS) is 11.6. The number of benzene rings is 1. The summed E-state index contributed by atoms with van der Waals surface area (Å²) in [5.41, 5.74) is 2.97. The van der Waals surface area contributed by atoms with E-state index in [1.54, 1.807) is 6.20 Å². The maximum atomic E-state index is 11.2. The van der Waals surface area contributed by atoms with Crippen LogP contribution in [0.15, 0.2) is 30.5 Å².